The van der Waals surface area contributed by atoms with Crippen LogP contribution < -0.4 is 0 Å². The van der Waals surface area contributed by atoms with Gasteiger partial charge in [-0.05, 0) is 114 Å². The van der Waals surface area contributed by atoms with Crippen molar-refractivity contribution in [3.05, 3.63) is 249 Å². The molecule has 0 saturated heterocycles. The summed E-state index contributed by atoms with van der Waals surface area (Å²) < 4.78 is 9.09. The van der Waals surface area contributed by atoms with Gasteiger partial charge in [-0.2, -0.15) is 0 Å². The number of aliphatic imine (C=N–C) groups is 1. The van der Waals surface area contributed by atoms with E-state index in [4.69, 9.17) is 9.98 Å². The zero-order valence-electron chi connectivity index (χ0n) is 37.0. The summed E-state index contributed by atoms with van der Waals surface area (Å²) in [5.41, 5.74) is 15.5. The van der Waals surface area contributed by atoms with Crippen LogP contribution in [0.15, 0.2) is 249 Å². The molecule has 0 aliphatic rings. The van der Waals surface area contributed by atoms with Gasteiger partial charge in [0.15, 0.2) is 0 Å². The summed E-state index contributed by atoms with van der Waals surface area (Å²) in [6.07, 6.45) is 11.9. The van der Waals surface area contributed by atoms with E-state index >= 15 is 0 Å². The normalized spacial score (nSPS) is 12.2. The summed E-state index contributed by atoms with van der Waals surface area (Å²) in [5.74, 6) is 0.875. The topological polar surface area (TPSA) is 45.0 Å². The zero-order valence-corrected chi connectivity index (χ0v) is 37.0. The van der Waals surface area contributed by atoms with Gasteiger partial charge in [-0.15, -0.1) is 0 Å². The van der Waals surface area contributed by atoms with Crippen molar-refractivity contribution >= 4 is 77.3 Å². The van der Waals surface area contributed by atoms with Crippen LogP contribution in [0.1, 0.15) is 5.56 Å². The number of allylic oxidation sites excluding steroid dienone is 1. The van der Waals surface area contributed by atoms with Gasteiger partial charge in [-0.1, -0.05) is 122 Å². The Hall–Kier alpha value is -9.26. The first-order valence-corrected chi connectivity index (χ1v) is 22.9. The highest BCUT2D eigenvalue weighted by Gasteiger charge is 2.18. The van der Waals surface area contributed by atoms with E-state index in [9.17, 15) is 0 Å². The number of pyridine rings is 1. The van der Waals surface area contributed by atoms with Gasteiger partial charge in [0.2, 0.25) is 0 Å². The summed E-state index contributed by atoms with van der Waals surface area (Å²) in [7, 11) is 0. The minimum absolute atomic E-state index is 0.827. The lowest BCUT2D eigenvalue weighted by Crippen LogP contribution is -1.97. The Morgan fingerprint density at radius 2 is 1.03 bits per heavy atom. The van der Waals surface area contributed by atoms with Crippen LogP contribution in [-0.2, 0) is 0 Å². The molecule has 0 fully saturated rings. The Morgan fingerprint density at radius 3 is 1.75 bits per heavy atom. The Balaban J connectivity index is 0.855. The number of benzene rings is 8. The summed E-state index contributed by atoms with van der Waals surface area (Å²) in [5, 5.41) is 7.24. The lowest BCUT2D eigenvalue weighted by Gasteiger charge is -2.11. The average molecular weight is 871 g/mol. The van der Waals surface area contributed by atoms with E-state index in [0.717, 1.165) is 78.2 Å². The van der Waals surface area contributed by atoms with Crippen molar-refractivity contribution in [1.29, 1.82) is 0 Å². The molecule has 5 aromatic heterocycles. The molecule has 0 unspecified atom stereocenters. The van der Waals surface area contributed by atoms with Gasteiger partial charge in [0.25, 0.3) is 0 Å². The van der Waals surface area contributed by atoms with Gasteiger partial charge in [-0.25, -0.2) is 4.98 Å². The van der Waals surface area contributed by atoms with Crippen LogP contribution >= 0.6 is 0 Å². The number of nitrogens with zero attached hydrogens (tertiary/aromatic N) is 6. The quantitative estimate of drug-likeness (QED) is 0.133. The fourth-order valence-electron chi connectivity index (χ4n) is 10.1. The van der Waals surface area contributed by atoms with Crippen molar-refractivity contribution in [1.82, 2.24) is 23.3 Å². The molecular weight excluding hydrogens is 829 g/mol. The van der Waals surface area contributed by atoms with Crippen LogP contribution in [0.25, 0.3) is 111 Å². The first-order valence-electron chi connectivity index (χ1n) is 22.9. The fraction of sp³-hybridized carbons (Fsp3) is 0. The van der Waals surface area contributed by atoms with Crippen LogP contribution in [0.5, 0.6) is 0 Å². The van der Waals surface area contributed by atoms with Gasteiger partial charge in [0.05, 0.1) is 38.8 Å². The molecule has 0 aliphatic carbocycles. The maximum absolute atomic E-state index is 5.07. The number of rotatable bonds is 9. The lowest BCUT2D eigenvalue weighted by molar-refractivity contribution is 1.04. The highest BCUT2D eigenvalue weighted by Crippen LogP contribution is 2.39. The van der Waals surface area contributed by atoms with Crippen molar-refractivity contribution < 1.29 is 0 Å². The van der Waals surface area contributed by atoms with E-state index in [1.807, 2.05) is 48.9 Å². The van der Waals surface area contributed by atoms with Gasteiger partial charge < -0.3 is 18.3 Å². The van der Waals surface area contributed by atoms with Crippen LogP contribution in [0.2, 0.25) is 0 Å². The van der Waals surface area contributed by atoms with Gasteiger partial charge >= 0.3 is 0 Å². The van der Waals surface area contributed by atoms with Crippen molar-refractivity contribution in [3.8, 4) is 39.4 Å². The number of fused-ring (bicyclic) bond motifs is 8. The molecule has 6 heteroatoms. The highest BCUT2D eigenvalue weighted by molar-refractivity contribution is 6.15. The zero-order chi connectivity index (χ0) is 45.1. The molecule has 0 aliphatic heterocycles. The van der Waals surface area contributed by atoms with E-state index in [2.05, 4.69) is 213 Å². The lowest BCUT2D eigenvalue weighted by atomic mass is 9.99. The maximum atomic E-state index is 5.07. The average Bonchev–Trinajstić information content (AvgIpc) is 4.17. The smallest absolute Gasteiger partial charge is 0.137 e. The van der Waals surface area contributed by atoms with Crippen LogP contribution in [-0.4, -0.2) is 29.0 Å². The third-order valence-electron chi connectivity index (χ3n) is 13.3. The molecule has 68 heavy (non-hydrogen) atoms. The minimum Gasteiger partial charge on any atom is -0.322 e. The standard InChI is InChI=1S/C62H42N6/c1-2-55(42-15-6-3-7-16-42)63-31-34-65-32-29-46-36-54-52-27-25-45(38-59(52)68(60(54)39-57(46)65)50-21-10-5-11-22-50)43-17-14-18-44(35-43)48-26-28-62(64-41-48)66-33-30-47-37-53-51-23-12-13-24-56(51)67(61(53)40-58(47)66)49-19-8-4-9-20-49/h2-41H,1H2/b34-31+,63-55+. The number of hydrogen-bond acceptors (Lipinski definition) is 2. The largest absolute Gasteiger partial charge is 0.322 e. The molecule has 0 bridgehead atoms. The summed E-state index contributed by atoms with van der Waals surface area (Å²) >= 11 is 0. The Labute approximate surface area is 392 Å². The molecular formula is C62H42N6. The van der Waals surface area contributed by atoms with E-state index in [-0.39, 0.29) is 0 Å². The second-order valence-corrected chi connectivity index (χ2v) is 17.2. The van der Waals surface area contributed by atoms with Crippen LogP contribution in [0.3, 0.4) is 0 Å². The predicted octanol–water partition coefficient (Wildman–Crippen LogP) is 15.6. The first-order chi connectivity index (χ1) is 33.7. The van der Waals surface area contributed by atoms with Gasteiger partial charge in [0, 0.05) is 85.8 Å². The Bertz CT molecular complexity index is 4130. The number of para-hydroxylation sites is 3. The monoisotopic (exact) mass is 870 g/mol. The first kappa shape index (κ1) is 39.1. The fourth-order valence-corrected chi connectivity index (χ4v) is 10.1. The van der Waals surface area contributed by atoms with Crippen LogP contribution in [0, 0.1) is 0 Å². The third kappa shape index (κ3) is 6.50. The molecule has 0 saturated carbocycles. The van der Waals surface area contributed by atoms with Crippen molar-refractivity contribution in [2.24, 2.45) is 4.99 Å². The van der Waals surface area contributed by atoms with E-state index in [1.54, 1.807) is 6.08 Å². The summed E-state index contributed by atoms with van der Waals surface area (Å²) in [6.45, 7) is 4.00. The van der Waals surface area contributed by atoms with Gasteiger partial charge in [0.1, 0.15) is 5.82 Å². The highest BCUT2D eigenvalue weighted by atomic mass is 15.1. The SMILES string of the molecule is C=C/C(=N\C=C\n1ccc2cc3c4ccc(-c5cccc(-c6ccc(-n7ccc8cc9c%10ccccc%10n(-c%10ccccc%10)c9cc87)nc6)c5)cc4n(-c4ccccc4)c3cc21)c1ccccc1. The van der Waals surface area contributed by atoms with Gasteiger partial charge in [-0.3, -0.25) is 4.99 Å². The summed E-state index contributed by atoms with van der Waals surface area (Å²) in [6, 6.07) is 73.6. The van der Waals surface area contributed by atoms with E-state index in [0.29, 0.717) is 0 Å². The van der Waals surface area contributed by atoms with Crippen molar-refractivity contribution in [2.75, 3.05) is 0 Å². The molecule has 13 aromatic rings. The molecule has 0 N–H and O–H groups in total. The molecule has 0 spiro atoms. The molecule has 6 nitrogen and oxygen atoms in total. The number of aromatic nitrogens is 5. The molecule has 0 radical (unpaired) electrons. The molecule has 0 amide bonds. The minimum atomic E-state index is 0.827. The maximum Gasteiger partial charge on any atom is 0.137 e. The summed E-state index contributed by atoms with van der Waals surface area (Å²) in [4.78, 5) is 9.82. The predicted molar refractivity (Wildman–Crippen MR) is 285 cm³/mol. The van der Waals surface area contributed by atoms with E-state index in [1.165, 1.54) is 38.0 Å². The molecule has 8 aromatic carbocycles. The Morgan fingerprint density at radius 1 is 0.441 bits per heavy atom. The second kappa shape index (κ2) is 16.0. The molecule has 320 valence electrons. The van der Waals surface area contributed by atoms with Crippen molar-refractivity contribution in [2.45, 2.75) is 0 Å². The van der Waals surface area contributed by atoms with Crippen molar-refractivity contribution in [3.63, 3.8) is 0 Å². The van der Waals surface area contributed by atoms with Crippen LogP contribution in [0.4, 0.5) is 0 Å². The third-order valence-corrected chi connectivity index (χ3v) is 13.3. The number of hydrogen-bond donors (Lipinski definition) is 0. The molecule has 0 atom stereocenters. The van der Waals surface area contributed by atoms with E-state index < -0.39 is 0 Å². The Kier molecular flexibility index (Phi) is 9.22. The molecule has 13 rings (SSSR count). The molecule has 5 heterocycles. The second-order valence-electron chi connectivity index (χ2n) is 17.2.